The van der Waals surface area contributed by atoms with E-state index in [0.717, 1.165) is 9.80 Å². The van der Waals surface area contributed by atoms with Crippen molar-refractivity contribution in [2.45, 2.75) is 16.5 Å². The molecule has 5 nitrogen and oxygen atoms in total. The second-order valence-electron chi connectivity index (χ2n) is 6.18. The second kappa shape index (κ2) is 8.14. The molecule has 29 heavy (non-hydrogen) atoms. The van der Waals surface area contributed by atoms with Gasteiger partial charge in [-0.2, -0.15) is 0 Å². The SMILES string of the molecule is O=C1N/C(=C\c2ccc(Sc3ccc(Cl)cc3)o2)C(=O)N1Cc1ccccc1F. The standard InChI is InChI=1S/C21H14ClFN2O3S/c22-14-5-8-16(9-6-14)29-19-10-7-15(28-19)11-18-20(26)25(21(27)24-18)12-13-3-1-2-4-17(13)23/h1-11H,12H2,(H,24,27)/b18-11-. The number of rotatable bonds is 5. The van der Waals surface area contributed by atoms with E-state index in [2.05, 4.69) is 5.32 Å². The Morgan fingerprint density at radius 3 is 2.59 bits per heavy atom. The summed E-state index contributed by atoms with van der Waals surface area (Å²) >= 11 is 7.28. The third kappa shape index (κ3) is 4.36. The van der Waals surface area contributed by atoms with E-state index < -0.39 is 17.8 Å². The molecule has 8 heteroatoms. The number of halogens is 2. The molecule has 3 aromatic rings. The van der Waals surface area contributed by atoms with Gasteiger partial charge in [-0.3, -0.25) is 9.69 Å². The molecule has 1 aliphatic heterocycles. The van der Waals surface area contributed by atoms with E-state index in [1.165, 1.54) is 30.0 Å². The van der Waals surface area contributed by atoms with Gasteiger partial charge < -0.3 is 9.73 Å². The van der Waals surface area contributed by atoms with Crippen LogP contribution in [0.5, 0.6) is 0 Å². The first-order chi connectivity index (χ1) is 14.0. The molecule has 2 aromatic carbocycles. The summed E-state index contributed by atoms with van der Waals surface area (Å²) in [4.78, 5) is 26.6. The van der Waals surface area contributed by atoms with Gasteiger partial charge in [0.25, 0.3) is 5.91 Å². The number of carbonyl (C=O) groups excluding carboxylic acids is 2. The zero-order valence-corrected chi connectivity index (χ0v) is 16.5. The van der Waals surface area contributed by atoms with Crippen molar-refractivity contribution in [3.63, 3.8) is 0 Å². The molecule has 0 radical (unpaired) electrons. The van der Waals surface area contributed by atoms with E-state index in [1.54, 1.807) is 36.4 Å². The van der Waals surface area contributed by atoms with Crippen molar-refractivity contribution in [2.24, 2.45) is 0 Å². The van der Waals surface area contributed by atoms with Crippen LogP contribution in [-0.2, 0) is 11.3 Å². The first-order valence-electron chi connectivity index (χ1n) is 8.61. The summed E-state index contributed by atoms with van der Waals surface area (Å²) in [6.07, 6.45) is 1.45. The molecule has 4 rings (SSSR count). The third-order valence-electron chi connectivity index (χ3n) is 4.17. The van der Waals surface area contributed by atoms with Crippen LogP contribution in [0.25, 0.3) is 6.08 Å². The zero-order chi connectivity index (χ0) is 20.4. The van der Waals surface area contributed by atoms with Crippen molar-refractivity contribution in [3.8, 4) is 0 Å². The summed E-state index contributed by atoms with van der Waals surface area (Å²) in [5, 5.41) is 3.77. The fourth-order valence-corrected chi connectivity index (χ4v) is 3.64. The number of imide groups is 1. The lowest BCUT2D eigenvalue weighted by Crippen LogP contribution is -2.30. The lowest BCUT2D eigenvalue weighted by molar-refractivity contribution is -0.123. The number of nitrogens with one attached hydrogen (secondary N) is 1. The number of carbonyl (C=O) groups is 2. The van der Waals surface area contributed by atoms with Crippen molar-refractivity contribution in [1.82, 2.24) is 10.2 Å². The summed E-state index contributed by atoms with van der Waals surface area (Å²) in [5.74, 6) is -0.597. The minimum atomic E-state index is -0.605. The van der Waals surface area contributed by atoms with Crippen molar-refractivity contribution < 1.29 is 18.4 Å². The highest BCUT2D eigenvalue weighted by Gasteiger charge is 2.34. The van der Waals surface area contributed by atoms with Crippen LogP contribution in [0.2, 0.25) is 5.02 Å². The molecule has 1 saturated heterocycles. The highest BCUT2D eigenvalue weighted by molar-refractivity contribution is 7.99. The summed E-state index contributed by atoms with van der Waals surface area (Å²) in [7, 11) is 0. The molecule has 0 spiro atoms. The number of hydrogen-bond donors (Lipinski definition) is 1. The Labute approximate surface area is 175 Å². The van der Waals surface area contributed by atoms with Gasteiger partial charge in [0.15, 0.2) is 5.09 Å². The molecule has 1 fully saturated rings. The van der Waals surface area contributed by atoms with Crippen molar-refractivity contribution in [1.29, 1.82) is 0 Å². The van der Waals surface area contributed by atoms with E-state index in [0.29, 0.717) is 15.9 Å². The first-order valence-corrected chi connectivity index (χ1v) is 9.80. The molecule has 1 aliphatic rings. The summed E-state index contributed by atoms with van der Waals surface area (Å²) < 4.78 is 19.5. The highest BCUT2D eigenvalue weighted by Crippen LogP contribution is 2.31. The number of hydrogen-bond acceptors (Lipinski definition) is 4. The molecule has 0 bridgehead atoms. The van der Waals surface area contributed by atoms with E-state index in [9.17, 15) is 14.0 Å². The Kier molecular flexibility index (Phi) is 5.42. The van der Waals surface area contributed by atoms with Crippen molar-refractivity contribution in [2.75, 3.05) is 0 Å². The van der Waals surface area contributed by atoms with Gasteiger partial charge in [0, 0.05) is 21.6 Å². The predicted octanol–water partition coefficient (Wildman–Crippen LogP) is 5.32. The molecular formula is C21H14ClFN2O3S. The van der Waals surface area contributed by atoms with Crippen LogP contribution < -0.4 is 5.32 Å². The van der Waals surface area contributed by atoms with Crippen LogP contribution in [0.1, 0.15) is 11.3 Å². The molecule has 0 atom stereocenters. The Bertz CT molecular complexity index is 1110. The number of benzene rings is 2. The van der Waals surface area contributed by atoms with Crippen LogP contribution >= 0.6 is 23.4 Å². The number of furan rings is 1. The fraction of sp³-hybridized carbons (Fsp3) is 0.0476. The van der Waals surface area contributed by atoms with Crippen LogP contribution in [0.15, 0.2) is 80.8 Å². The molecule has 1 N–H and O–H groups in total. The summed E-state index contributed by atoms with van der Waals surface area (Å²) in [6, 6.07) is 16.2. The van der Waals surface area contributed by atoms with Crippen molar-refractivity contribution >= 4 is 41.4 Å². The first kappa shape index (κ1) is 19.3. The van der Waals surface area contributed by atoms with Gasteiger partial charge in [-0.05, 0) is 42.5 Å². The predicted molar refractivity (Wildman–Crippen MR) is 108 cm³/mol. The maximum atomic E-state index is 13.8. The van der Waals surface area contributed by atoms with Gasteiger partial charge in [0.05, 0.1) is 6.54 Å². The van der Waals surface area contributed by atoms with E-state index in [-0.39, 0.29) is 17.8 Å². The van der Waals surface area contributed by atoms with Gasteiger partial charge in [0.1, 0.15) is 17.3 Å². The molecule has 0 unspecified atom stereocenters. The average molecular weight is 429 g/mol. The maximum absolute atomic E-state index is 13.8. The summed E-state index contributed by atoms with van der Waals surface area (Å²) in [5.41, 5.74) is 0.334. The third-order valence-corrected chi connectivity index (χ3v) is 5.35. The fourth-order valence-electron chi connectivity index (χ4n) is 2.74. The monoisotopic (exact) mass is 428 g/mol. The Morgan fingerprint density at radius 2 is 1.83 bits per heavy atom. The van der Waals surface area contributed by atoms with Gasteiger partial charge >= 0.3 is 6.03 Å². The second-order valence-corrected chi connectivity index (χ2v) is 7.70. The minimum Gasteiger partial charge on any atom is -0.450 e. The molecule has 1 aromatic heterocycles. The molecule has 0 aliphatic carbocycles. The Morgan fingerprint density at radius 1 is 1.07 bits per heavy atom. The van der Waals surface area contributed by atoms with Gasteiger partial charge in [0.2, 0.25) is 0 Å². The number of urea groups is 1. The lowest BCUT2D eigenvalue weighted by atomic mass is 10.2. The molecule has 0 saturated carbocycles. The molecular weight excluding hydrogens is 415 g/mol. The zero-order valence-electron chi connectivity index (χ0n) is 14.9. The van der Waals surface area contributed by atoms with Crippen LogP contribution in [0.4, 0.5) is 9.18 Å². The van der Waals surface area contributed by atoms with Gasteiger partial charge in [-0.1, -0.05) is 41.6 Å². The molecule has 3 amide bonds. The van der Waals surface area contributed by atoms with Crippen LogP contribution in [-0.4, -0.2) is 16.8 Å². The summed E-state index contributed by atoms with van der Waals surface area (Å²) in [6.45, 7) is -0.148. The van der Waals surface area contributed by atoms with Gasteiger partial charge in [-0.25, -0.2) is 9.18 Å². The van der Waals surface area contributed by atoms with E-state index >= 15 is 0 Å². The molecule has 2 heterocycles. The number of amides is 3. The largest absolute Gasteiger partial charge is 0.450 e. The maximum Gasteiger partial charge on any atom is 0.329 e. The topological polar surface area (TPSA) is 62.6 Å². The van der Waals surface area contributed by atoms with Gasteiger partial charge in [-0.15, -0.1) is 0 Å². The Balaban J connectivity index is 1.48. The quantitative estimate of drug-likeness (QED) is 0.441. The van der Waals surface area contributed by atoms with E-state index in [1.807, 2.05) is 12.1 Å². The number of nitrogens with zero attached hydrogens (tertiary/aromatic N) is 1. The smallest absolute Gasteiger partial charge is 0.329 e. The lowest BCUT2D eigenvalue weighted by Gasteiger charge is -2.12. The molecule has 146 valence electrons. The van der Waals surface area contributed by atoms with Crippen molar-refractivity contribution in [3.05, 3.63) is 88.5 Å². The highest BCUT2D eigenvalue weighted by atomic mass is 35.5. The van der Waals surface area contributed by atoms with E-state index in [4.69, 9.17) is 16.0 Å². The van der Waals surface area contributed by atoms with Crippen LogP contribution in [0, 0.1) is 5.82 Å². The average Bonchev–Trinajstić information content (AvgIpc) is 3.25. The minimum absolute atomic E-state index is 0.0729. The van der Waals surface area contributed by atoms with Crippen LogP contribution in [0.3, 0.4) is 0 Å². The normalized spacial score (nSPS) is 15.2. The Hall–Kier alpha value is -3.03.